The predicted molar refractivity (Wildman–Crippen MR) is 82.1 cm³/mol. The minimum absolute atomic E-state index is 0.628. The Kier molecular flexibility index (Phi) is 7.20. The van der Waals surface area contributed by atoms with Crippen LogP contribution in [0.15, 0.2) is 16.6 Å². The van der Waals surface area contributed by atoms with Crippen molar-refractivity contribution in [1.82, 2.24) is 10.2 Å². The van der Waals surface area contributed by atoms with E-state index in [0.29, 0.717) is 6.61 Å². The van der Waals surface area contributed by atoms with Crippen molar-refractivity contribution in [2.24, 2.45) is 0 Å². The summed E-state index contributed by atoms with van der Waals surface area (Å²) in [6, 6.07) is 3.98. The molecule has 4 nitrogen and oxygen atoms in total. The van der Waals surface area contributed by atoms with E-state index in [1.807, 2.05) is 19.1 Å². The van der Waals surface area contributed by atoms with Crippen LogP contribution in [0, 0.1) is 0 Å². The van der Waals surface area contributed by atoms with Gasteiger partial charge in [0, 0.05) is 24.1 Å². The second-order valence-corrected chi connectivity index (χ2v) is 5.36. The van der Waals surface area contributed by atoms with Gasteiger partial charge in [-0.3, -0.25) is 0 Å². The molecule has 0 aliphatic carbocycles. The third-order valence-electron chi connectivity index (χ3n) is 2.68. The highest BCUT2D eigenvalue weighted by molar-refractivity contribution is 9.10. The molecular weight excluding hydrogens is 308 g/mol. The van der Waals surface area contributed by atoms with E-state index in [4.69, 9.17) is 9.47 Å². The standard InChI is InChI=1S/C14H23BrN2O2/c1-5-19-14-9-12(15)11(8-13(14)18-4)10-16-6-7-17(2)3/h8-9,16H,5-7,10H2,1-4H3. The lowest BCUT2D eigenvalue weighted by molar-refractivity contribution is 0.310. The van der Waals surface area contributed by atoms with Crippen molar-refractivity contribution in [3.63, 3.8) is 0 Å². The van der Waals surface area contributed by atoms with Gasteiger partial charge in [0.2, 0.25) is 0 Å². The summed E-state index contributed by atoms with van der Waals surface area (Å²) in [4.78, 5) is 2.15. The molecule has 1 N–H and O–H groups in total. The number of methoxy groups -OCH3 is 1. The molecule has 0 unspecified atom stereocenters. The van der Waals surface area contributed by atoms with Crippen molar-refractivity contribution in [2.75, 3.05) is 40.9 Å². The molecular formula is C14H23BrN2O2. The van der Waals surface area contributed by atoms with Crippen LogP contribution in [0.1, 0.15) is 12.5 Å². The minimum atomic E-state index is 0.628. The Morgan fingerprint density at radius 3 is 2.58 bits per heavy atom. The lowest BCUT2D eigenvalue weighted by Crippen LogP contribution is -2.26. The van der Waals surface area contributed by atoms with Gasteiger partial charge >= 0.3 is 0 Å². The van der Waals surface area contributed by atoms with Gasteiger partial charge in [-0.25, -0.2) is 0 Å². The number of nitrogens with one attached hydrogen (secondary N) is 1. The Morgan fingerprint density at radius 1 is 1.26 bits per heavy atom. The summed E-state index contributed by atoms with van der Waals surface area (Å²) in [5, 5.41) is 3.41. The van der Waals surface area contributed by atoms with Gasteiger partial charge in [0.25, 0.3) is 0 Å². The van der Waals surface area contributed by atoms with Gasteiger partial charge in [-0.2, -0.15) is 0 Å². The number of hydrogen-bond acceptors (Lipinski definition) is 4. The summed E-state index contributed by atoms with van der Waals surface area (Å²) in [7, 11) is 5.80. The Morgan fingerprint density at radius 2 is 2.00 bits per heavy atom. The van der Waals surface area contributed by atoms with Crippen LogP contribution in [0.2, 0.25) is 0 Å². The SMILES string of the molecule is CCOc1cc(Br)c(CNCCN(C)C)cc1OC. The van der Waals surface area contributed by atoms with E-state index in [2.05, 4.69) is 40.2 Å². The van der Waals surface area contributed by atoms with E-state index in [9.17, 15) is 0 Å². The maximum atomic E-state index is 5.54. The zero-order valence-electron chi connectivity index (χ0n) is 12.1. The smallest absolute Gasteiger partial charge is 0.162 e. The maximum absolute atomic E-state index is 5.54. The third-order valence-corrected chi connectivity index (χ3v) is 3.42. The molecule has 0 amide bonds. The lowest BCUT2D eigenvalue weighted by Gasteiger charge is -2.14. The molecule has 0 aliphatic rings. The van der Waals surface area contributed by atoms with Crippen LogP contribution in [-0.4, -0.2) is 45.8 Å². The van der Waals surface area contributed by atoms with Crippen LogP contribution in [0.4, 0.5) is 0 Å². The first-order valence-corrected chi connectivity index (χ1v) is 7.22. The van der Waals surface area contributed by atoms with Crippen molar-refractivity contribution < 1.29 is 9.47 Å². The summed E-state index contributed by atoms with van der Waals surface area (Å²) in [5.74, 6) is 1.54. The molecule has 5 heteroatoms. The highest BCUT2D eigenvalue weighted by Crippen LogP contribution is 2.33. The van der Waals surface area contributed by atoms with Crippen molar-refractivity contribution in [1.29, 1.82) is 0 Å². The third kappa shape index (κ3) is 5.38. The number of ether oxygens (including phenoxy) is 2. The fourth-order valence-electron chi connectivity index (χ4n) is 1.67. The molecule has 0 aromatic heterocycles. The normalized spacial score (nSPS) is 10.8. The van der Waals surface area contributed by atoms with Gasteiger partial charge in [-0.05, 0) is 38.7 Å². The van der Waals surface area contributed by atoms with Crippen molar-refractivity contribution in [3.05, 3.63) is 22.2 Å². The zero-order chi connectivity index (χ0) is 14.3. The van der Waals surface area contributed by atoms with Gasteiger partial charge in [0.05, 0.1) is 13.7 Å². The number of rotatable bonds is 8. The van der Waals surface area contributed by atoms with Crippen LogP contribution in [0.25, 0.3) is 0 Å². The first-order valence-electron chi connectivity index (χ1n) is 6.43. The number of halogens is 1. The molecule has 0 bridgehead atoms. The highest BCUT2D eigenvalue weighted by atomic mass is 79.9. The molecule has 0 fully saturated rings. The van der Waals surface area contributed by atoms with Crippen LogP contribution in [0.5, 0.6) is 11.5 Å². The molecule has 0 saturated heterocycles. The van der Waals surface area contributed by atoms with E-state index < -0.39 is 0 Å². The van der Waals surface area contributed by atoms with Gasteiger partial charge in [0.1, 0.15) is 0 Å². The van der Waals surface area contributed by atoms with E-state index in [1.165, 1.54) is 5.56 Å². The molecule has 1 aromatic rings. The summed E-state index contributed by atoms with van der Waals surface area (Å²) >= 11 is 3.58. The number of benzene rings is 1. The first-order chi connectivity index (χ1) is 9.08. The highest BCUT2D eigenvalue weighted by Gasteiger charge is 2.09. The number of likely N-dealkylation sites (N-methyl/N-ethyl adjacent to an activating group) is 1. The summed E-state index contributed by atoms with van der Waals surface area (Å²) in [6.07, 6.45) is 0. The van der Waals surface area contributed by atoms with Gasteiger partial charge in [0.15, 0.2) is 11.5 Å². The Labute approximate surface area is 124 Å². The van der Waals surface area contributed by atoms with Gasteiger partial charge in [-0.1, -0.05) is 15.9 Å². The minimum Gasteiger partial charge on any atom is -0.493 e. The second-order valence-electron chi connectivity index (χ2n) is 4.51. The quantitative estimate of drug-likeness (QED) is 0.742. The summed E-state index contributed by atoms with van der Waals surface area (Å²) in [6.45, 7) is 5.37. The summed E-state index contributed by atoms with van der Waals surface area (Å²) < 4.78 is 11.9. The monoisotopic (exact) mass is 330 g/mol. The molecule has 1 aromatic carbocycles. The van der Waals surface area contributed by atoms with E-state index >= 15 is 0 Å². The average Bonchev–Trinajstić information content (AvgIpc) is 2.36. The Bertz CT molecular complexity index is 397. The average molecular weight is 331 g/mol. The molecule has 0 spiro atoms. The lowest BCUT2D eigenvalue weighted by atomic mass is 10.2. The first kappa shape index (κ1) is 16.3. The molecule has 0 radical (unpaired) electrons. The molecule has 108 valence electrons. The summed E-state index contributed by atoms with van der Waals surface area (Å²) in [5.41, 5.74) is 1.17. The van der Waals surface area contributed by atoms with E-state index in [0.717, 1.165) is 35.6 Å². The molecule has 1 rings (SSSR count). The van der Waals surface area contributed by atoms with Crippen LogP contribution in [0.3, 0.4) is 0 Å². The fraction of sp³-hybridized carbons (Fsp3) is 0.571. The fourth-order valence-corrected chi connectivity index (χ4v) is 2.13. The second kappa shape index (κ2) is 8.40. The molecule has 0 aliphatic heterocycles. The molecule has 0 heterocycles. The number of nitrogens with zero attached hydrogens (tertiary/aromatic N) is 1. The maximum Gasteiger partial charge on any atom is 0.162 e. The van der Waals surface area contributed by atoms with Crippen LogP contribution in [-0.2, 0) is 6.54 Å². The van der Waals surface area contributed by atoms with E-state index in [-0.39, 0.29) is 0 Å². The topological polar surface area (TPSA) is 33.7 Å². The van der Waals surface area contributed by atoms with E-state index in [1.54, 1.807) is 7.11 Å². The Hall–Kier alpha value is -0.780. The van der Waals surface area contributed by atoms with Crippen LogP contribution >= 0.6 is 15.9 Å². The largest absolute Gasteiger partial charge is 0.493 e. The predicted octanol–water partition coefficient (Wildman–Crippen LogP) is 2.51. The van der Waals surface area contributed by atoms with Gasteiger partial charge in [-0.15, -0.1) is 0 Å². The van der Waals surface area contributed by atoms with Crippen molar-refractivity contribution in [2.45, 2.75) is 13.5 Å². The van der Waals surface area contributed by atoms with Crippen LogP contribution < -0.4 is 14.8 Å². The zero-order valence-corrected chi connectivity index (χ0v) is 13.7. The Balaban J connectivity index is 2.67. The molecule has 0 atom stereocenters. The van der Waals surface area contributed by atoms with Gasteiger partial charge < -0.3 is 19.7 Å². The van der Waals surface area contributed by atoms with Crippen molar-refractivity contribution in [3.8, 4) is 11.5 Å². The molecule has 0 saturated carbocycles. The molecule has 19 heavy (non-hydrogen) atoms. The number of hydrogen-bond donors (Lipinski definition) is 1. The van der Waals surface area contributed by atoms with Crippen molar-refractivity contribution >= 4 is 15.9 Å².